The zero-order valence-electron chi connectivity index (χ0n) is 16.0. The number of ether oxygens (including phenoxy) is 1. The highest BCUT2D eigenvalue weighted by atomic mass is 32.2. The number of hydrogen-bond acceptors (Lipinski definition) is 8. The third kappa shape index (κ3) is 4.60. The summed E-state index contributed by atoms with van der Waals surface area (Å²) in [6.07, 6.45) is 2.62. The second kappa shape index (κ2) is 7.88. The maximum absolute atomic E-state index is 12.1. The van der Waals surface area contributed by atoms with Gasteiger partial charge in [0.2, 0.25) is 0 Å². The van der Waals surface area contributed by atoms with E-state index < -0.39 is 19.7 Å². The molecule has 0 unspecified atom stereocenters. The van der Waals surface area contributed by atoms with Crippen molar-refractivity contribution in [3.05, 3.63) is 48.7 Å². The van der Waals surface area contributed by atoms with Crippen LogP contribution in [0.2, 0.25) is 0 Å². The van der Waals surface area contributed by atoms with E-state index in [1.165, 1.54) is 37.6 Å². The first-order valence-corrected chi connectivity index (χ1v) is 12.1. The molecule has 0 saturated heterocycles. The highest BCUT2D eigenvalue weighted by Crippen LogP contribution is 2.32. The van der Waals surface area contributed by atoms with Crippen LogP contribution in [-0.4, -0.2) is 40.9 Å². The molecular formula is C19H20N2O6S2. The summed E-state index contributed by atoms with van der Waals surface area (Å²) in [5.41, 5.74) is 1.04. The Balaban J connectivity index is 1.89. The third-order valence-electron chi connectivity index (χ3n) is 4.22. The number of hydrogen-bond donors (Lipinski definition) is 1. The Kier molecular flexibility index (Phi) is 5.67. The zero-order chi connectivity index (χ0) is 21.2. The number of sulfone groups is 2. The van der Waals surface area contributed by atoms with Crippen LogP contribution < -0.4 is 10.1 Å². The fraction of sp³-hybridized carbons (Fsp3) is 0.211. The smallest absolute Gasteiger partial charge is 0.299 e. The quantitative estimate of drug-likeness (QED) is 0.600. The van der Waals surface area contributed by atoms with Crippen LogP contribution in [-0.2, 0) is 19.7 Å². The van der Waals surface area contributed by atoms with Gasteiger partial charge in [0.1, 0.15) is 5.75 Å². The second-order valence-electron chi connectivity index (χ2n) is 6.22. The minimum Gasteiger partial charge on any atom is -0.495 e. The number of oxazole rings is 1. The van der Waals surface area contributed by atoms with Gasteiger partial charge in [0.25, 0.3) is 6.01 Å². The molecule has 0 spiro atoms. The summed E-state index contributed by atoms with van der Waals surface area (Å²) in [4.78, 5) is 4.51. The molecule has 0 radical (unpaired) electrons. The fourth-order valence-corrected chi connectivity index (χ4v) is 4.13. The minimum atomic E-state index is -3.39. The highest BCUT2D eigenvalue weighted by Gasteiger charge is 2.16. The van der Waals surface area contributed by atoms with Gasteiger partial charge in [-0.15, -0.1) is 0 Å². The molecule has 3 rings (SSSR count). The summed E-state index contributed by atoms with van der Waals surface area (Å²) in [7, 11) is -5.20. The van der Waals surface area contributed by atoms with E-state index in [1.54, 1.807) is 25.1 Å². The topological polar surface area (TPSA) is 116 Å². The normalized spacial score (nSPS) is 12.0. The largest absolute Gasteiger partial charge is 0.495 e. The number of anilines is 2. The fourth-order valence-electron chi connectivity index (χ4n) is 2.59. The van der Waals surface area contributed by atoms with Crippen molar-refractivity contribution < 1.29 is 26.0 Å². The van der Waals surface area contributed by atoms with Crippen molar-refractivity contribution in [2.75, 3.05) is 24.4 Å². The highest BCUT2D eigenvalue weighted by molar-refractivity contribution is 7.91. The third-order valence-corrected chi connectivity index (χ3v) is 7.09. The molecule has 2 aromatic carbocycles. The molecule has 8 nitrogen and oxygen atoms in total. The monoisotopic (exact) mass is 436 g/mol. The first kappa shape index (κ1) is 20.9. The van der Waals surface area contributed by atoms with E-state index in [-0.39, 0.29) is 21.6 Å². The van der Waals surface area contributed by atoms with Gasteiger partial charge in [-0.2, -0.15) is 0 Å². The van der Waals surface area contributed by atoms with Gasteiger partial charge in [-0.05, 0) is 42.5 Å². The van der Waals surface area contributed by atoms with E-state index >= 15 is 0 Å². The van der Waals surface area contributed by atoms with Crippen molar-refractivity contribution in [2.45, 2.75) is 16.7 Å². The summed E-state index contributed by atoms with van der Waals surface area (Å²) in [5.74, 6) is 0.826. The number of aromatic nitrogens is 1. The lowest BCUT2D eigenvalue weighted by atomic mass is 10.2. The van der Waals surface area contributed by atoms with E-state index in [1.807, 2.05) is 0 Å². The molecule has 3 aromatic rings. The average Bonchev–Trinajstić information content (AvgIpc) is 3.16. The average molecular weight is 437 g/mol. The molecule has 154 valence electrons. The van der Waals surface area contributed by atoms with E-state index in [9.17, 15) is 16.8 Å². The van der Waals surface area contributed by atoms with Crippen LogP contribution in [0, 0.1) is 0 Å². The van der Waals surface area contributed by atoms with E-state index in [2.05, 4.69) is 10.3 Å². The van der Waals surface area contributed by atoms with Crippen molar-refractivity contribution in [2.24, 2.45) is 0 Å². The molecule has 0 aliphatic carbocycles. The predicted octanol–water partition coefficient (Wildman–Crippen LogP) is 3.29. The Bertz CT molecular complexity index is 1230. The van der Waals surface area contributed by atoms with Gasteiger partial charge in [0, 0.05) is 11.8 Å². The van der Waals surface area contributed by atoms with Gasteiger partial charge in [0.15, 0.2) is 25.4 Å². The van der Waals surface area contributed by atoms with Gasteiger partial charge in [-0.3, -0.25) is 0 Å². The van der Waals surface area contributed by atoms with Crippen LogP contribution in [0.4, 0.5) is 11.7 Å². The van der Waals surface area contributed by atoms with Crippen molar-refractivity contribution >= 4 is 31.4 Å². The number of nitrogens with zero attached hydrogens (tertiary/aromatic N) is 1. The second-order valence-corrected chi connectivity index (χ2v) is 10.5. The predicted molar refractivity (Wildman–Crippen MR) is 109 cm³/mol. The molecule has 0 amide bonds. The Labute approximate surface area is 169 Å². The molecule has 0 aliphatic heterocycles. The van der Waals surface area contributed by atoms with Crippen molar-refractivity contribution in [1.29, 1.82) is 0 Å². The summed E-state index contributed by atoms with van der Waals surface area (Å²) in [5, 5.41) is 2.92. The number of nitrogens with one attached hydrogen (secondary N) is 1. The maximum Gasteiger partial charge on any atom is 0.299 e. The minimum absolute atomic E-state index is 0.0224. The number of benzene rings is 2. The molecule has 0 aliphatic rings. The molecule has 0 bridgehead atoms. The van der Waals surface area contributed by atoms with Crippen molar-refractivity contribution in [1.82, 2.24) is 4.98 Å². The molecule has 10 heteroatoms. The summed E-state index contributed by atoms with van der Waals surface area (Å²) in [6.45, 7) is 1.57. The van der Waals surface area contributed by atoms with Crippen molar-refractivity contribution in [3.8, 4) is 17.1 Å². The van der Waals surface area contributed by atoms with E-state index in [0.29, 0.717) is 22.8 Å². The number of rotatable bonds is 7. The lowest BCUT2D eigenvalue weighted by molar-refractivity contribution is 0.416. The molecule has 0 atom stereocenters. The van der Waals surface area contributed by atoms with Crippen molar-refractivity contribution in [3.63, 3.8) is 0 Å². The molecule has 29 heavy (non-hydrogen) atoms. The summed E-state index contributed by atoms with van der Waals surface area (Å²) >= 11 is 0. The Morgan fingerprint density at radius 2 is 1.69 bits per heavy atom. The van der Waals surface area contributed by atoms with E-state index in [0.717, 1.165) is 6.26 Å². The van der Waals surface area contributed by atoms with Crippen LogP contribution in [0.15, 0.2) is 62.9 Å². The Hall–Kier alpha value is -2.85. The molecule has 0 fully saturated rings. The first-order chi connectivity index (χ1) is 13.6. The standard InChI is InChI=1S/C19H20N2O6S2/c1-4-29(24,25)15-9-10-17(26-2)16(11-15)21-19-20-12-18(27-19)13-5-7-14(8-6-13)28(3,22)23/h5-12H,4H2,1-3H3,(H,20,21). The molecular weight excluding hydrogens is 416 g/mol. The Morgan fingerprint density at radius 3 is 2.28 bits per heavy atom. The van der Waals surface area contributed by atoms with Crippen LogP contribution in [0.25, 0.3) is 11.3 Å². The molecule has 1 heterocycles. The molecule has 1 N–H and O–H groups in total. The first-order valence-electron chi connectivity index (χ1n) is 8.58. The Morgan fingerprint density at radius 1 is 1.03 bits per heavy atom. The lowest BCUT2D eigenvalue weighted by Gasteiger charge is -2.10. The van der Waals surface area contributed by atoms with E-state index in [4.69, 9.17) is 9.15 Å². The number of methoxy groups -OCH3 is 1. The molecule has 0 saturated carbocycles. The van der Waals surface area contributed by atoms with Crippen LogP contribution in [0.1, 0.15) is 6.92 Å². The van der Waals surface area contributed by atoms with Crippen LogP contribution in [0.5, 0.6) is 5.75 Å². The van der Waals surface area contributed by atoms with Crippen LogP contribution >= 0.6 is 0 Å². The summed E-state index contributed by atoms with van der Waals surface area (Å²) in [6, 6.07) is 10.8. The van der Waals surface area contributed by atoms with Gasteiger partial charge in [0.05, 0.1) is 34.5 Å². The zero-order valence-corrected chi connectivity index (χ0v) is 17.7. The maximum atomic E-state index is 12.1. The SMILES string of the molecule is CCS(=O)(=O)c1ccc(OC)c(Nc2ncc(-c3ccc(S(C)(=O)=O)cc3)o2)c1. The van der Waals surface area contributed by atoms with Gasteiger partial charge in [-0.25, -0.2) is 21.8 Å². The van der Waals surface area contributed by atoms with Crippen LogP contribution in [0.3, 0.4) is 0 Å². The lowest BCUT2D eigenvalue weighted by Crippen LogP contribution is -2.05. The van der Waals surface area contributed by atoms with Gasteiger partial charge < -0.3 is 14.5 Å². The van der Waals surface area contributed by atoms with Gasteiger partial charge in [-0.1, -0.05) is 6.92 Å². The summed E-state index contributed by atoms with van der Waals surface area (Å²) < 4.78 is 58.4. The molecule has 1 aromatic heterocycles. The van der Waals surface area contributed by atoms with Gasteiger partial charge >= 0.3 is 0 Å².